The van der Waals surface area contributed by atoms with Crippen LogP contribution >= 0.6 is 0 Å². The van der Waals surface area contributed by atoms with E-state index in [1.165, 1.54) is 54.7 Å². The molecule has 0 saturated carbocycles. The minimum Gasteiger partial charge on any atom is -0.447 e. The van der Waals surface area contributed by atoms with E-state index in [9.17, 15) is 35.9 Å². The lowest BCUT2D eigenvalue weighted by Gasteiger charge is -2.31. The Labute approximate surface area is 254 Å². The zero-order valence-corrected chi connectivity index (χ0v) is 23.8. The number of aromatic nitrogens is 1. The van der Waals surface area contributed by atoms with Crippen molar-refractivity contribution in [3.8, 4) is 0 Å². The minimum absolute atomic E-state index is 0.0670. The molecule has 0 radical (unpaired) electrons. The van der Waals surface area contributed by atoms with Gasteiger partial charge in [0, 0.05) is 24.6 Å². The number of halogens is 6. The third-order valence-electron chi connectivity index (χ3n) is 7.06. The van der Waals surface area contributed by atoms with Crippen LogP contribution in [0.4, 0.5) is 36.8 Å². The molecule has 4 rings (SSSR count). The van der Waals surface area contributed by atoms with E-state index in [0.717, 1.165) is 6.20 Å². The van der Waals surface area contributed by atoms with Gasteiger partial charge in [-0.15, -0.1) is 0 Å². The summed E-state index contributed by atoms with van der Waals surface area (Å²) < 4.78 is 89.7. The summed E-state index contributed by atoms with van der Waals surface area (Å²) in [6.07, 6.45) is -4.36. The predicted molar refractivity (Wildman–Crippen MR) is 151 cm³/mol. The Kier molecular flexibility index (Phi) is 11.4. The molecule has 0 spiro atoms. The molecule has 0 bridgehead atoms. The van der Waals surface area contributed by atoms with Crippen LogP contribution in [0, 0.1) is 17.5 Å². The third-order valence-corrected chi connectivity index (χ3v) is 7.06. The first kappa shape index (κ1) is 33.7. The molecule has 9 nitrogen and oxygen atoms in total. The maximum absolute atomic E-state index is 14.9. The van der Waals surface area contributed by atoms with E-state index in [0.29, 0.717) is 17.7 Å². The summed E-state index contributed by atoms with van der Waals surface area (Å²) in [5.41, 5.74) is 7.59. The molecule has 1 saturated heterocycles. The first-order valence-corrected chi connectivity index (χ1v) is 13.9. The second kappa shape index (κ2) is 15.2. The number of alkyl carbamates (subject to hydrolysis) is 1. The van der Waals surface area contributed by atoms with Crippen molar-refractivity contribution in [2.45, 2.75) is 43.2 Å². The van der Waals surface area contributed by atoms with Crippen LogP contribution in [0.25, 0.3) is 0 Å². The van der Waals surface area contributed by atoms with Crippen LogP contribution in [0.3, 0.4) is 0 Å². The molecule has 1 unspecified atom stereocenters. The Hall–Kier alpha value is -4.21. The summed E-state index contributed by atoms with van der Waals surface area (Å²) in [6, 6.07) is 9.48. The summed E-state index contributed by atoms with van der Waals surface area (Å²) in [4.78, 5) is 28.8. The Morgan fingerprint density at radius 2 is 1.58 bits per heavy atom. The van der Waals surface area contributed by atoms with Crippen LogP contribution in [-0.4, -0.2) is 67.7 Å². The van der Waals surface area contributed by atoms with E-state index in [4.69, 9.17) is 15.2 Å². The highest BCUT2D eigenvalue weighted by atomic mass is 19.4. The molecule has 15 heteroatoms. The van der Waals surface area contributed by atoms with Gasteiger partial charge < -0.3 is 31.2 Å². The van der Waals surface area contributed by atoms with E-state index >= 15 is 0 Å². The molecule has 2 amide bonds. The van der Waals surface area contributed by atoms with Crippen molar-refractivity contribution in [3.63, 3.8) is 0 Å². The minimum atomic E-state index is -4.58. The zero-order chi connectivity index (χ0) is 32.6. The van der Waals surface area contributed by atoms with Gasteiger partial charge in [0.1, 0.15) is 36.7 Å². The number of nitrogens with zero attached hydrogens (tertiary/aromatic N) is 1. The van der Waals surface area contributed by atoms with Gasteiger partial charge in [0.15, 0.2) is 0 Å². The lowest BCUT2D eigenvalue weighted by atomic mass is 9.85. The van der Waals surface area contributed by atoms with Crippen molar-refractivity contribution in [2.75, 3.05) is 31.6 Å². The SMILES string of the molecule is NC(C(=O)Nc1cncc(F)c1CC[C@@H]1CNC[C@@H](COC(=O)NCC(F)(F)F)O1)C(c1ccc(F)cc1)c1ccc(F)cc1. The number of carbonyl (C=O) groups excluding carboxylic acids is 2. The quantitative estimate of drug-likeness (QED) is 0.232. The average molecular weight is 640 g/mol. The number of hydrogen-bond acceptors (Lipinski definition) is 7. The van der Waals surface area contributed by atoms with Crippen molar-refractivity contribution in [1.29, 1.82) is 0 Å². The number of rotatable bonds is 11. The van der Waals surface area contributed by atoms with Crippen LogP contribution < -0.4 is 21.7 Å². The molecule has 5 N–H and O–H groups in total. The fourth-order valence-corrected chi connectivity index (χ4v) is 4.88. The number of pyridine rings is 1. The number of alkyl halides is 3. The maximum atomic E-state index is 14.9. The van der Waals surface area contributed by atoms with Crippen LogP contribution in [-0.2, 0) is 20.7 Å². The molecule has 1 aromatic heterocycles. The van der Waals surface area contributed by atoms with Crippen LogP contribution in [0.15, 0.2) is 60.9 Å². The average Bonchev–Trinajstić information content (AvgIpc) is 3.00. The zero-order valence-electron chi connectivity index (χ0n) is 23.8. The largest absolute Gasteiger partial charge is 0.447 e. The summed E-state index contributed by atoms with van der Waals surface area (Å²) in [5.74, 6) is -3.17. The standard InChI is InChI=1S/C30H31F6N5O4/c31-19-5-1-17(2-6-19)26(18-3-7-20(32)8-4-18)27(37)28(42)41-25-14-39-13-24(33)23(25)10-9-21-11-38-12-22(45-21)15-44-29(43)40-16-30(34,35)36/h1-8,13-14,21-22,26-27,38H,9-12,15-16,37H2,(H,40,43)(H,41,42)/t21-,22+,27?/m1/s1. The number of morpholine rings is 1. The summed E-state index contributed by atoms with van der Waals surface area (Å²) in [7, 11) is 0. The summed E-state index contributed by atoms with van der Waals surface area (Å²) in [6.45, 7) is -1.19. The number of amides is 2. The highest BCUT2D eigenvalue weighted by molar-refractivity contribution is 5.96. The molecule has 2 heterocycles. The number of anilines is 1. The lowest BCUT2D eigenvalue weighted by Crippen LogP contribution is -2.47. The first-order valence-electron chi connectivity index (χ1n) is 13.9. The number of nitrogens with one attached hydrogen (secondary N) is 3. The molecular weight excluding hydrogens is 608 g/mol. The Balaban J connectivity index is 1.40. The number of nitrogens with two attached hydrogens (primary N) is 1. The number of benzene rings is 2. The molecular formula is C30H31F6N5O4. The second-order valence-corrected chi connectivity index (χ2v) is 10.4. The van der Waals surface area contributed by atoms with E-state index in [1.54, 1.807) is 5.32 Å². The fourth-order valence-electron chi connectivity index (χ4n) is 4.88. The molecule has 45 heavy (non-hydrogen) atoms. The smallest absolute Gasteiger partial charge is 0.407 e. The molecule has 3 atom stereocenters. The van der Waals surface area contributed by atoms with Crippen molar-refractivity contribution in [3.05, 3.63) is 95.1 Å². The van der Waals surface area contributed by atoms with Gasteiger partial charge in [0.2, 0.25) is 5.91 Å². The number of carbonyl (C=O) groups is 2. The summed E-state index contributed by atoms with van der Waals surface area (Å²) >= 11 is 0. The topological polar surface area (TPSA) is 128 Å². The Morgan fingerprint density at radius 3 is 2.18 bits per heavy atom. The molecule has 1 aliphatic heterocycles. The third kappa shape index (κ3) is 9.89. The van der Waals surface area contributed by atoms with Crippen LogP contribution in [0.5, 0.6) is 0 Å². The van der Waals surface area contributed by atoms with Gasteiger partial charge in [0.25, 0.3) is 0 Å². The second-order valence-electron chi connectivity index (χ2n) is 10.4. The van der Waals surface area contributed by atoms with Crippen molar-refractivity contribution >= 4 is 17.7 Å². The number of ether oxygens (including phenoxy) is 2. The monoisotopic (exact) mass is 639 g/mol. The van der Waals surface area contributed by atoms with Gasteiger partial charge >= 0.3 is 12.3 Å². The Morgan fingerprint density at radius 1 is 0.978 bits per heavy atom. The number of hydrogen-bond donors (Lipinski definition) is 4. The molecule has 2 aromatic carbocycles. The normalized spacial score (nSPS) is 17.5. The fraction of sp³-hybridized carbons (Fsp3) is 0.367. The van der Waals surface area contributed by atoms with E-state index in [2.05, 4.69) is 15.6 Å². The van der Waals surface area contributed by atoms with Gasteiger partial charge in [-0.2, -0.15) is 13.2 Å². The van der Waals surface area contributed by atoms with Gasteiger partial charge in [-0.3, -0.25) is 9.78 Å². The molecule has 1 fully saturated rings. The summed E-state index contributed by atoms with van der Waals surface area (Å²) in [5, 5.41) is 7.30. The van der Waals surface area contributed by atoms with Crippen LogP contribution in [0.2, 0.25) is 0 Å². The molecule has 242 valence electrons. The maximum Gasteiger partial charge on any atom is 0.407 e. The van der Waals surface area contributed by atoms with E-state index in [-0.39, 0.29) is 37.2 Å². The highest BCUT2D eigenvalue weighted by Gasteiger charge is 2.30. The predicted octanol–water partition coefficient (Wildman–Crippen LogP) is 4.17. The van der Waals surface area contributed by atoms with E-state index in [1.807, 2.05) is 0 Å². The highest BCUT2D eigenvalue weighted by Crippen LogP contribution is 2.29. The van der Waals surface area contributed by atoms with Crippen LogP contribution in [0.1, 0.15) is 29.0 Å². The Bertz CT molecular complexity index is 1400. The van der Waals surface area contributed by atoms with Gasteiger partial charge in [0.05, 0.1) is 30.2 Å². The van der Waals surface area contributed by atoms with Gasteiger partial charge in [-0.1, -0.05) is 24.3 Å². The molecule has 3 aromatic rings. The van der Waals surface area contributed by atoms with Crippen molar-refractivity contribution in [2.24, 2.45) is 5.73 Å². The van der Waals surface area contributed by atoms with Gasteiger partial charge in [-0.05, 0) is 48.2 Å². The van der Waals surface area contributed by atoms with E-state index < -0.39 is 66.3 Å². The van der Waals surface area contributed by atoms with Crippen molar-refractivity contribution < 1.29 is 45.4 Å². The molecule has 0 aliphatic carbocycles. The first-order chi connectivity index (χ1) is 21.4. The lowest BCUT2D eigenvalue weighted by molar-refractivity contribution is -0.124. The van der Waals surface area contributed by atoms with Crippen molar-refractivity contribution in [1.82, 2.24) is 15.6 Å². The molecule has 1 aliphatic rings. The van der Waals surface area contributed by atoms with Gasteiger partial charge in [-0.25, -0.2) is 18.0 Å².